The Kier molecular flexibility index (Phi) is 4.71. The van der Waals surface area contributed by atoms with E-state index in [1.807, 2.05) is 19.1 Å². The van der Waals surface area contributed by atoms with Crippen molar-refractivity contribution in [2.75, 3.05) is 11.1 Å². The maximum absolute atomic E-state index is 12.0. The molecule has 0 fully saturated rings. The number of nitrogens with two attached hydrogens (primary N) is 1. The summed E-state index contributed by atoms with van der Waals surface area (Å²) in [6.45, 7) is 4.04. The van der Waals surface area contributed by atoms with Crippen molar-refractivity contribution >= 4 is 17.4 Å². The molecule has 1 unspecified atom stereocenters. The molecule has 0 saturated carbocycles. The molecule has 0 aliphatic rings. The van der Waals surface area contributed by atoms with Crippen molar-refractivity contribution in [2.24, 2.45) is 0 Å². The van der Waals surface area contributed by atoms with Gasteiger partial charge in [0, 0.05) is 11.8 Å². The van der Waals surface area contributed by atoms with Crippen LogP contribution in [0, 0.1) is 0 Å². The highest BCUT2D eigenvalue weighted by Crippen LogP contribution is 2.19. The van der Waals surface area contributed by atoms with Crippen molar-refractivity contribution < 1.29 is 9.53 Å². The fourth-order valence-corrected chi connectivity index (χ4v) is 1.65. The van der Waals surface area contributed by atoms with E-state index in [2.05, 4.69) is 22.2 Å². The third kappa shape index (κ3) is 4.17. The molecule has 1 amide bonds. The van der Waals surface area contributed by atoms with Gasteiger partial charge in [0.15, 0.2) is 0 Å². The summed E-state index contributed by atoms with van der Waals surface area (Å²) in [5, 5.41) is 2.74. The number of hydrogen-bond donors (Lipinski definition) is 2. The van der Waals surface area contributed by atoms with Crippen LogP contribution < -0.4 is 15.8 Å². The molecule has 0 aliphatic heterocycles. The Balaban J connectivity index is 2.09. The van der Waals surface area contributed by atoms with Gasteiger partial charge in [-0.1, -0.05) is 13.0 Å². The van der Waals surface area contributed by atoms with Gasteiger partial charge in [0.05, 0.1) is 18.5 Å². The summed E-state index contributed by atoms with van der Waals surface area (Å²) in [5.74, 6) is 0.549. The Hall–Kier alpha value is -2.63. The smallest absolute Gasteiger partial charge is 0.275 e. The van der Waals surface area contributed by atoms with Crippen LogP contribution in [0.15, 0.2) is 36.7 Å². The predicted molar refractivity (Wildman–Crippen MR) is 81.2 cm³/mol. The van der Waals surface area contributed by atoms with Gasteiger partial charge in [-0.05, 0) is 25.5 Å². The molecule has 0 saturated heterocycles. The highest BCUT2D eigenvalue weighted by Gasteiger charge is 2.09. The van der Waals surface area contributed by atoms with Gasteiger partial charge in [-0.3, -0.25) is 9.78 Å². The molecule has 1 atom stereocenters. The van der Waals surface area contributed by atoms with E-state index in [1.54, 1.807) is 12.1 Å². The van der Waals surface area contributed by atoms with E-state index in [1.165, 1.54) is 12.4 Å². The Morgan fingerprint density at radius 1 is 1.43 bits per heavy atom. The van der Waals surface area contributed by atoms with Gasteiger partial charge in [0.1, 0.15) is 17.3 Å². The Morgan fingerprint density at radius 2 is 2.24 bits per heavy atom. The molecule has 2 aromatic rings. The number of nitrogen functional groups attached to an aromatic ring is 1. The quantitative estimate of drug-likeness (QED) is 0.881. The first kappa shape index (κ1) is 14.8. The maximum Gasteiger partial charge on any atom is 0.275 e. The first-order chi connectivity index (χ1) is 10.1. The van der Waals surface area contributed by atoms with Gasteiger partial charge in [-0.15, -0.1) is 0 Å². The summed E-state index contributed by atoms with van der Waals surface area (Å²) >= 11 is 0. The zero-order valence-corrected chi connectivity index (χ0v) is 12.0. The molecule has 1 heterocycles. The standard InChI is InChI=1S/C15H18N4O2/c1-3-10(2)21-12-6-4-5-11(7-12)18-15(20)13-8-17-9-14(16)19-13/h4-10H,3H2,1-2H3,(H2,16,19)(H,18,20). The fourth-order valence-electron chi connectivity index (χ4n) is 1.65. The molecular weight excluding hydrogens is 268 g/mol. The average molecular weight is 286 g/mol. The summed E-state index contributed by atoms with van der Waals surface area (Å²) < 4.78 is 5.71. The van der Waals surface area contributed by atoms with E-state index in [0.29, 0.717) is 11.4 Å². The number of aromatic nitrogens is 2. The fraction of sp³-hybridized carbons (Fsp3) is 0.267. The first-order valence-corrected chi connectivity index (χ1v) is 6.74. The third-order valence-electron chi connectivity index (χ3n) is 2.89. The summed E-state index contributed by atoms with van der Waals surface area (Å²) in [7, 11) is 0. The number of carbonyl (C=O) groups excluding carboxylic acids is 1. The van der Waals surface area contributed by atoms with E-state index in [9.17, 15) is 4.79 Å². The van der Waals surface area contributed by atoms with Gasteiger partial charge in [-0.2, -0.15) is 0 Å². The van der Waals surface area contributed by atoms with Crippen LogP contribution in [-0.4, -0.2) is 22.0 Å². The number of amides is 1. The van der Waals surface area contributed by atoms with Crippen LogP contribution in [0.5, 0.6) is 5.75 Å². The second-order valence-corrected chi connectivity index (χ2v) is 4.65. The summed E-state index contributed by atoms with van der Waals surface area (Å²) in [6, 6.07) is 7.21. The van der Waals surface area contributed by atoms with Crippen molar-refractivity contribution in [1.29, 1.82) is 0 Å². The van der Waals surface area contributed by atoms with Crippen molar-refractivity contribution in [3.63, 3.8) is 0 Å². The normalized spacial score (nSPS) is 11.7. The highest BCUT2D eigenvalue weighted by molar-refractivity contribution is 6.02. The third-order valence-corrected chi connectivity index (χ3v) is 2.89. The number of ether oxygens (including phenoxy) is 1. The number of hydrogen-bond acceptors (Lipinski definition) is 5. The molecule has 1 aromatic carbocycles. The van der Waals surface area contributed by atoms with Crippen LogP contribution in [0.25, 0.3) is 0 Å². The zero-order chi connectivity index (χ0) is 15.2. The van der Waals surface area contributed by atoms with Gasteiger partial charge < -0.3 is 15.8 Å². The molecule has 0 bridgehead atoms. The molecule has 1 aromatic heterocycles. The van der Waals surface area contributed by atoms with E-state index in [4.69, 9.17) is 10.5 Å². The minimum atomic E-state index is -0.365. The molecule has 6 nitrogen and oxygen atoms in total. The summed E-state index contributed by atoms with van der Waals surface area (Å²) in [4.78, 5) is 19.8. The SMILES string of the molecule is CCC(C)Oc1cccc(NC(=O)c2cncc(N)n2)c1. The first-order valence-electron chi connectivity index (χ1n) is 6.74. The molecule has 0 spiro atoms. The van der Waals surface area contributed by atoms with E-state index < -0.39 is 0 Å². The summed E-state index contributed by atoms with van der Waals surface area (Å²) in [6.07, 6.45) is 3.79. The highest BCUT2D eigenvalue weighted by atomic mass is 16.5. The maximum atomic E-state index is 12.0. The minimum absolute atomic E-state index is 0.121. The Labute approximate surface area is 123 Å². The lowest BCUT2D eigenvalue weighted by molar-refractivity contribution is 0.102. The van der Waals surface area contributed by atoms with E-state index in [0.717, 1.165) is 6.42 Å². The monoisotopic (exact) mass is 286 g/mol. The lowest BCUT2D eigenvalue weighted by atomic mass is 10.2. The van der Waals surface area contributed by atoms with Crippen LogP contribution >= 0.6 is 0 Å². The largest absolute Gasteiger partial charge is 0.491 e. The summed E-state index contributed by atoms with van der Waals surface area (Å²) in [5.41, 5.74) is 6.31. The molecule has 21 heavy (non-hydrogen) atoms. The van der Waals surface area contributed by atoms with Crippen molar-refractivity contribution in [2.45, 2.75) is 26.4 Å². The van der Waals surface area contributed by atoms with Crippen molar-refractivity contribution in [3.05, 3.63) is 42.4 Å². The molecular formula is C15H18N4O2. The number of benzene rings is 1. The molecule has 6 heteroatoms. The lowest BCUT2D eigenvalue weighted by Crippen LogP contribution is -2.15. The number of carbonyl (C=O) groups is 1. The van der Waals surface area contributed by atoms with Gasteiger partial charge in [-0.25, -0.2) is 4.98 Å². The number of nitrogens with one attached hydrogen (secondary N) is 1. The topological polar surface area (TPSA) is 90.1 Å². The van der Waals surface area contributed by atoms with Gasteiger partial charge in [0.2, 0.25) is 0 Å². The number of rotatable bonds is 5. The van der Waals surface area contributed by atoms with Gasteiger partial charge >= 0.3 is 0 Å². The van der Waals surface area contributed by atoms with Crippen LogP contribution in [0.2, 0.25) is 0 Å². The van der Waals surface area contributed by atoms with Gasteiger partial charge in [0.25, 0.3) is 5.91 Å². The van der Waals surface area contributed by atoms with E-state index in [-0.39, 0.29) is 23.5 Å². The second kappa shape index (κ2) is 6.69. The van der Waals surface area contributed by atoms with E-state index >= 15 is 0 Å². The van der Waals surface area contributed by atoms with Crippen molar-refractivity contribution in [3.8, 4) is 5.75 Å². The van der Waals surface area contributed by atoms with Crippen LogP contribution in [0.1, 0.15) is 30.8 Å². The Morgan fingerprint density at radius 3 is 2.95 bits per heavy atom. The second-order valence-electron chi connectivity index (χ2n) is 4.65. The Bertz CT molecular complexity index is 631. The lowest BCUT2D eigenvalue weighted by Gasteiger charge is -2.13. The average Bonchev–Trinajstić information content (AvgIpc) is 2.47. The van der Waals surface area contributed by atoms with Crippen molar-refractivity contribution in [1.82, 2.24) is 9.97 Å². The molecule has 3 N–H and O–H groups in total. The molecule has 2 rings (SSSR count). The molecule has 0 radical (unpaired) electrons. The number of anilines is 2. The zero-order valence-electron chi connectivity index (χ0n) is 12.0. The minimum Gasteiger partial charge on any atom is -0.491 e. The van der Waals surface area contributed by atoms with Crippen LogP contribution in [0.4, 0.5) is 11.5 Å². The van der Waals surface area contributed by atoms with Crippen LogP contribution in [0.3, 0.4) is 0 Å². The molecule has 0 aliphatic carbocycles. The molecule has 110 valence electrons. The predicted octanol–water partition coefficient (Wildman–Crippen LogP) is 2.49. The van der Waals surface area contributed by atoms with Crippen LogP contribution in [-0.2, 0) is 0 Å². The number of nitrogens with zero attached hydrogens (tertiary/aromatic N) is 2.